The molecule has 0 aliphatic carbocycles. The number of aromatic amines is 1. The first-order valence-electron chi connectivity index (χ1n) is 7.43. The fourth-order valence-corrected chi connectivity index (χ4v) is 4.30. The average Bonchev–Trinajstić information content (AvgIpc) is 2.84. The molecule has 7 heteroatoms. The van der Waals surface area contributed by atoms with E-state index in [1.807, 2.05) is 38.1 Å². The number of hydrogen-bond acceptors (Lipinski definition) is 5. The molecule has 0 radical (unpaired) electrons. The highest BCUT2D eigenvalue weighted by atomic mass is 32.2. The van der Waals surface area contributed by atoms with Gasteiger partial charge in [0.1, 0.15) is 4.83 Å². The maximum Gasteiger partial charge on any atom is 0.260 e. The summed E-state index contributed by atoms with van der Waals surface area (Å²) in [6.07, 6.45) is 0. The average molecular weight is 359 g/mol. The zero-order valence-electron chi connectivity index (χ0n) is 13.5. The Bertz CT molecular complexity index is 974. The van der Waals surface area contributed by atoms with E-state index in [1.54, 1.807) is 6.92 Å². The molecule has 0 fully saturated rings. The van der Waals surface area contributed by atoms with E-state index in [1.165, 1.54) is 16.9 Å². The molecule has 1 atom stereocenters. The second-order valence-corrected chi connectivity index (χ2v) is 8.15. The summed E-state index contributed by atoms with van der Waals surface area (Å²) in [6, 6.07) is 8.08. The van der Waals surface area contributed by atoms with Gasteiger partial charge >= 0.3 is 0 Å². The van der Waals surface area contributed by atoms with E-state index in [4.69, 9.17) is 5.73 Å². The van der Waals surface area contributed by atoms with Crippen molar-refractivity contribution in [1.29, 1.82) is 0 Å². The molecule has 0 spiro atoms. The fraction of sp³-hybridized carbons (Fsp3) is 0.235. The molecule has 0 saturated carbocycles. The molecular formula is C17H17N3O2S2. The number of amides is 1. The van der Waals surface area contributed by atoms with Crippen molar-refractivity contribution < 1.29 is 4.79 Å². The summed E-state index contributed by atoms with van der Waals surface area (Å²) < 4.78 is 0. The van der Waals surface area contributed by atoms with E-state index in [9.17, 15) is 9.59 Å². The molecule has 2 aromatic heterocycles. The Morgan fingerprint density at radius 2 is 1.96 bits per heavy atom. The van der Waals surface area contributed by atoms with E-state index in [0.717, 1.165) is 27.8 Å². The smallest absolute Gasteiger partial charge is 0.260 e. The van der Waals surface area contributed by atoms with Crippen LogP contribution in [0.15, 0.2) is 34.2 Å². The Morgan fingerprint density at radius 1 is 1.29 bits per heavy atom. The second-order valence-electron chi connectivity index (χ2n) is 5.61. The van der Waals surface area contributed by atoms with Gasteiger partial charge in [0.25, 0.3) is 5.56 Å². The van der Waals surface area contributed by atoms with Crippen LogP contribution in [-0.4, -0.2) is 21.1 Å². The summed E-state index contributed by atoms with van der Waals surface area (Å²) >= 11 is 2.64. The number of carbonyl (C=O) groups excluding carboxylic acids is 1. The molecule has 24 heavy (non-hydrogen) atoms. The summed E-state index contributed by atoms with van der Waals surface area (Å²) in [5, 5.41) is 0.552. The van der Waals surface area contributed by atoms with Gasteiger partial charge in [-0.3, -0.25) is 9.59 Å². The first kappa shape index (κ1) is 16.7. The molecule has 3 N–H and O–H groups in total. The summed E-state index contributed by atoms with van der Waals surface area (Å²) in [4.78, 5) is 32.8. The quantitative estimate of drug-likeness (QED) is 0.553. The summed E-state index contributed by atoms with van der Waals surface area (Å²) in [6.45, 7) is 5.70. The number of thiophene rings is 1. The number of benzene rings is 1. The molecular weight excluding hydrogens is 342 g/mol. The van der Waals surface area contributed by atoms with Crippen LogP contribution >= 0.6 is 23.1 Å². The highest BCUT2D eigenvalue weighted by Gasteiger charge is 2.18. The molecule has 0 saturated heterocycles. The number of carbonyl (C=O) groups is 1. The van der Waals surface area contributed by atoms with E-state index < -0.39 is 11.2 Å². The van der Waals surface area contributed by atoms with E-state index in [2.05, 4.69) is 9.97 Å². The molecule has 2 heterocycles. The largest absolute Gasteiger partial charge is 0.369 e. The van der Waals surface area contributed by atoms with Crippen molar-refractivity contribution in [2.45, 2.75) is 31.2 Å². The van der Waals surface area contributed by atoms with Gasteiger partial charge in [-0.2, -0.15) is 0 Å². The van der Waals surface area contributed by atoms with Gasteiger partial charge in [-0.1, -0.05) is 41.6 Å². The third kappa shape index (κ3) is 3.09. The zero-order valence-corrected chi connectivity index (χ0v) is 15.2. The molecule has 0 aliphatic heterocycles. The molecule has 5 nitrogen and oxygen atoms in total. The van der Waals surface area contributed by atoms with Crippen LogP contribution in [0.1, 0.15) is 17.4 Å². The van der Waals surface area contributed by atoms with Gasteiger partial charge in [0.15, 0.2) is 5.16 Å². The number of H-pyrrole nitrogens is 1. The lowest BCUT2D eigenvalue weighted by Gasteiger charge is -2.06. The van der Waals surface area contributed by atoms with Gasteiger partial charge in [0.2, 0.25) is 5.91 Å². The Labute approximate surface area is 147 Å². The van der Waals surface area contributed by atoms with Crippen molar-refractivity contribution in [3.8, 4) is 11.1 Å². The van der Waals surface area contributed by atoms with Crippen LogP contribution in [0.4, 0.5) is 0 Å². The third-order valence-electron chi connectivity index (χ3n) is 3.75. The highest BCUT2D eigenvalue weighted by molar-refractivity contribution is 8.00. The van der Waals surface area contributed by atoms with E-state index in [-0.39, 0.29) is 5.56 Å². The number of nitrogens with one attached hydrogen (secondary N) is 1. The van der Waals surface area contributed by atoms with Crippen LogP contribution in [0, 0.1) is 13.8 Å². The number of primary amides is 1. The number of aryl methyl sites for hydroxylation is 2. The lowest BCUT2D eigenvalue weighted by Crippen LogP contribution is -2.23. The van der Waals surface area contributed by atoms with Crippen molar-refractivity contribution in [3.05, 3.63) is 45.1 Å². The van der Waals surface area contributed by atoms with E-state index in [0.29, 0.717) is 15.4 Å². The monoisotopic (exact) mass is 359 g/mol. The molecule has 3 rings (SSSR count). The first-order chi connectivity index (χ1) is 11.4. The minimum absolute atomic E-state index is 0.195. The van der Waals surface area contributed by atoms with Crippen LogP contribution in [0.5, 0.6) is 0 Å². The third-order valence-corrected chi connectivity index (χ3v) is 5.75. The SMILES string of the molecule is Cc1ccc(-c2c(C)sc3nc(SC(C)C(N)=O)[nH]c(=O)c23)cc1. The van der Waals surface area contributed by atoms with Crippen LogP contribution in [0.2, 0.25) is 0 Å². The first-order valence-corrected chi connectivity index (χ1v) is 9.13. The highest BCUT2D eigenvalue weighted by Crippen LogP contribution is 2.36. The van der Waals surface area contributed by atoms with Gasteiger partial charge in [0.05, 0.1) is 10.6 Å². The minimum atomic E-state index is -0.455. The van der Waals surface area contributed by atoms with Crippen molar-refractivity contribution in [3.63, 3.8) is 0 Å². The van der Waals surface area contributed by atoms with Crippen molar-refractivity contribution in [2.24, 2.45) is 5.73 Å². The lowest BCUT2D eigenvalue weighted by atomic mass is 10.0. The lowest BCUT2D eigenvalue weighted by molar-refractivity contribution is -0.117. The van der Waals surface area contributed by atoms with E-state index >= 15 is 0 Å². The molecule has 1 amide bonds. The van der Waals surface area contributed by atoms with Crippen LogP contribution in [0.3, 0.4) is 0 Å². The summed E-state index contributed by atoms with van der Waals surface area (Å²) in [7, 11) is 0. The Morgan fingerprint density at radius 3 is 2.58 bits per heavy atom. The number of nitrogens with two attached hydrogens (primary N) is 1. The number of hydrogen-bond donors (Lipinski definition) is 2. The topological polar surface area (TPSA) is 88.8 Å². The number of rotatable bonds is 4. The van der Waals surface area contributed by atoms with Crippen LogP contribution in [-0.2, 0) is 4.79 Å². The standard InChI is InChI=1S/C17H17N3O2S2/c1-8-4-6-11(7-5-8)12-9(2)23-16-13(12)15(22)19-17(20-16)24-10(3)14(18)21/h4-7,10H,1-3H3,(H2,18,21)(H,19,20,22). The molecule has 0 bridgehead atoms. The number of aromatic nitrogens is 2. The predicted molar refractivity (Wildman–Crippen MR) is 99.7 cm³/mol. The van der Waals surface area contributed by atoms with Gasteiger partial charge in [-0.05, 0) is 26.3 Å². The van der Waals surface area contributed by atoms with Gasteiger partial charge < -0.3 is 10.7 Å². The number of thioether (sulfide) groups is 1. The Hall–Kier alpha value is -2.12. The summed E-state index contributed by atoms with van der Waals surface area (Å²) in [5.41, 5.74) is 8.17. The number of fused-ring (bicyclic) bond motifs is 1. The summed E-state index contributed by atoms with van der Waals surface area (Å²) in [5.74, 6) is -0.439. The van der Waals surface area contributed by atoms with Crippen LogP contribution in [0.25, 0.3) is 21.3 Å². The van der Waals surface area contributed by atoms with Crippen molar-refractivity contribution in [2.75, 3.05) is 0 Å². The minimum Gasteiger partial charge on any atom is -0.369 e. The van der Waals surface area contributed by atoms with Gasteiger partial charge in [-0.15, -0.1) is 11.3 Å². The fourth-order valence-electron chi connectivity index (χ4n) is 2.45. The molecule has 1 unspecified atom stereocenters. The molecule has 124 valence electrons. The predicted octanol–water partition coefficient (Wildman–Crippen LogP) is 3.23. The van der Waals surface area contributed by atoms with Crippen LogP contribution < -0.4 is 11.3 Å². The zero-order chi connectivity index (χ0) is 17.4. The maximum atomic E-state index is 12.6. The van der Waals surface area contributed by atoms with Crippen molar-refractivity contribution in [1.82, 2.24) is 9.97 Å². The van der Waals surface area contributed by atoms with Crippen molar-refractivity contribution >= 4 is 39.2 Å². The number of nitrogens with zero attached hydrogens (tertiary/aromatic N) is 1. The molecule has 1 aromatic carbocycles. The Balaban J connectivity index is 2.13. The molecule has 3 aromatic rings. The molecule has 0 aliphatic rings. The maximum absolute atomic E-state index is 12.6. The van der Waals surface area contributed by atoms with Gasteiger partial charge in [-0.25, -0.2) is 4.98 Å². The van der Waals surface area contributed by atoms with Gasteiger partial charge in [0, 0.05) is 10.4 Å². The Kier molecular flexibility index (Phi) is 4.47. The second kappa shape index (κ2) is 6.41. The normalized spacial score (nSPS) is 12.5.